The molecule has 2 aliphatic rings. The Morgan fingerprint density at radius 2 is 2.20 bits per heavy atom. The van der Waals surface area contributed by atoms with Crippen molar-refractivity contribution in [2.24, 2.45) is 5.41 Å². The molecule has 0 saturated carbocycles. The number of ether oxygens (including phenoxy) is 1. The van der Waals surface area contributed by atoms with Crippen LogP contribution in [-0.2, 0) is 11.2 Å². The number of rotatable bonds is 4. The van der Waals surface area contributed by atoms with Gasteiger partial charge in [-0.1, -0.05) is 37.3 Å². The van der Waals surface area contributed by atoms with Gasteiger partial charge < -0.3 is 10.1 Å². The predicted octanol–water partition coefficient (Wildman–Crippen LogP) is 1.93. The number of nitrogens with zero attached hydrogens (tertiary/aromatic N) is 1. The molecule has 2 fully saturated rings. The lowest BCUT2D eigenvalue weighted by molar-refractivity contribution is -0.0222. The van der Waals surface area contributed by atoms with Gasteiger partial charge in [0.2, 0.25) is 0 Å². The first-order valence-electron chi connectivity index (χ1n) is 7.82. The van der Waals surface area contributed by atoms with E-state index in [1.165, 1.54) is 25.1 Å². The summed E-state index contributed by atoms with van der Waals surface area (Å²) in [5.41, 5.74) is 1.86. The SMILES string of the molecule is CC1(CN2CCOCC2Cc2ccccc2)CCNC1. The average molecular weight is 274 g/mol. The van der Waals surface area contributed by atoms with Crippen molar-refractivity contribution in [2.45, 2.75) is 25.8 Å². The van der Waals surface area contributed by atoms with Crippen LogP contribution in [0.15, 0.2) is 30.3 Å². The number of hydrogen-bond acceptors (Lipinski definition) is 3. The van der Waals surface area contributed by atoms with Gasteiger partial charge in [0, 0.05) is 25.7 Å². The standard InChI is InChI=1S/C17H26N2O/c1-17(7-8-18-13-17)14-19-9-10-20-12-16(19)11-15-5-3-2-4-6-15/h2-6,16,18H,7-14H2,1H3. The van der Waals surface area contributed by atoms with Gasteiger partial charge in [-0.05, 0) is 30.4 Å². The third kappa shape index (κ3) is 3.40. The maximum atomic E-state index is 5.72. The fraction of sp³-hybridized carbons (Fsp3) is 0.647. The molecule has 1 aromatic carbocycles. The van der Waals surface area contributed by atoms with E-state index in [0.29, 0.717) is 11.5 Å². The fourth-order valence-corrected chi connectivity index (χ4v) is 3.47. The molecule has 2 atom stereocenters. The van der Waals surface area contributed by atoms with Crippen molar-refractivity contribution in [1.82, 2.24) is 10.2 Å². The van der Waals surface area contributed by atoms with E-state index >= 15 is 0 Å². The van der Waals surface area contributed by atoms with E-state index in [2.05, 4.69) is 47.5 Å². The Hall–Kier alpha value is -0.900. The lowest BCUT2D eigenvalue weighted by Gasteiger charge is -2.40. The van der Waals surface area contributed by atoms with Crippen molar-refractivity contribution < 1.29 is 4.74 Å². The van der Waals surface area contributed by atoms with Gasteiger partial charge in [-0.25, -0.2) is 0 Å². The van der Waals surface area contributed by atoms with Crippen molar-refractivity contribution in [2.75, 3.05) is 39.4 Å². The van der Waals surface area contributed by atoms with Crippen LogP contribution in [0.2, 0.25) is 0 Å². The first-order chi connectivity index (χ1) is 9.75. The summed E-state index contributed by atoms with van der Waals surface area (Å²) in [5.74, 6) is 0. The summed E-state index contributed by atoms with van der Waals surface area (Å²) in [5, 5.41) is 3.51. The highest BCUT2D eigenvalue weighted by molar-refractivity contribution is 5.16. The summed E-state index contributed by atoms with van der Waals surface area (Å²) >= 11 is 0. The Kier molecular flexibility index (Phi) is 4.39. The molecule has 2 aliphatic heterocycles. The third-order valence-electron chi connectivity index (χ3n) is 4.71. The summed E-state index contributed by atoms with van der Waals surface area (Å²) < 4.78 is 5.72. The second-order valence-electron chi connectivity index (χ2n) is 6.63. The summed E-state index contributed by atoms with van der Waals surface area (Å²) in [6.45, 7) is 8.77. The normalized spacial score (nSPS) is 31.6. The molecule has 0 bridgehead atoms. The molecule has 0 amide bonds. The number of benzene rings is 1. The second kappa shape index (κ2) is 6.25. The minimum atomic E-state index is 0.437. The molecule has 0 aliphatic carbocycles. The van der Waals surface area contributed by atoms with E-state index in [0.717, 1.165) is 32.7 Å². The van der Waals surface area contributed by atoms with E-state index in [-0.39, 0.29) is 0 Å². The van der Waals surface area contributed by atoms with Crippen molar-refractivity contribution in [1.29, 1.82) is 0 Å². The molecule has 110 valence electrons. The van der Waals surface area contributed by atoms with Gasteiger partial charge in [0.1, 0.15) is 0 Å². The summed E-state index contributed by atoms with van der Waals surface area (Å²) in [6, 6.07) is 11.3. The summed E-state index contributed by atoms with van der Waals surface area (Å²) in [7, 11) is 0. The number of morpholine rings is 1. The topological polar surface area (TPSA) is 24.5 Å². The van der Waals surface area contributed by atoms with Crippen LogP contribution in [0.4, 0.5) is 0 Å². The minimum absolute atomic E-state index is 0.437. The zero-order valence-electron chi connectivity index (χ0n) is 12.5. The van der Waals surface area contributed by atoms with Gasteiger partial charge in [0.05, 0.1) is 13.2 Å². The molecule has 0 radical (unpaired) electrons. The van der Waals surface area contributed by atoms with Crippen LogP contribution in [0.1, 0.15) is 18.9 Å². The van der Waals surface area contributed by atoms with Gasteiger partial charge in [0.25, 0.3) is 0 Å². The van der Waals surface area contributed by atoms with Crippen LogP contribution in [0.3, 0.4) is 0 Å². The van der Waals surface area contributed by atoms with E-state index in [1.807, 2.05) is 0 Å². The molecule has 3 nitrogen and oxygen atoms in total. The van der Waals surface area contributed by atoms with Gasteiger partial charge >= 0.3 is 0 Å². The predicted molar refractivity (Wildman–Crippen MR) is 81.9 cm³/mol. The van der Waals surface area contributed by atoms with Gasteiger partial charge in [0.15, 0.2) is 0 Å². The minimum Gasteiger partial charge on any atom is -0.378 e. The molecule has 2 saturated heterocycles. The van der Waals surface area contributed by atoms with E-state index in [1.54, 1.807) is 0 Å². The number of hydrogen-bond donors (Lipinski definition) is 1. The molecule has 3 heteroatoms. The first-order valence-corrected chi connectivity index (χ1v) is 7.82. The van der Waals surface area contributed by atoms with Crippen LogP contribution in [0.25, 0.3) is 0 Å². The Morgan fingerprint density at radius 3 is 2.95 bits per heavy atom. The van der Waals surface area contributed by atoms with Crippen molar-refractivity contribution >= 4 is 0 Å². The molecule has 2 heterocycles. The van der Waals surface area contributed by atoms with Crippen LogP contribution in [-0.4, -0.2) is 50.3 Å². The maximum Gasteiger partial charge on any atom is 0.0625 e. The van der Waals surface area contributed by atoms with E-state index < -0.39 is 0 Å². The maximum absolute atomic E-state index is 5.72. The van der Waals surface area contributed by atoms with Gasteiger partial charge in [-0.2, -0.15) is 0 Å². The molecule has 1 N–H and O–H groups in total. The largest absolute Gasteiger partial charge is 0.378 e. The van der Waals surface area contributed by atoms with E-state index in [4.69, 9.17) is 4.74 Å². The molecular formula is C17H26N2O. The van der Waals surface area contributed by atoms with Crippen LogP contribution in [0, 0.1) is 5.41 Å². The molecule has 0 aromatic heterocycles. The Bertz CT molecular complexity index is 414. The summed E-state index contributed by atoms with van der Waals surface area (Å²) in [6.07, 6.45) is 2.40. The van der Waals surface area contributed by atoms with E-state index in [9.17, 15) is 0 Å². The van der Waals surface area contributed by atoms with Crippen LogP contribution >= 0.6 is 0 Å². The zero-order valence-corrected chi connectivity index (χ0v) is 12.5. The zero-order chi connectivity index (χ0) is 13.8. The lowest BCUT2D eigenvalue weighted by Crippen LogP contribution is -2.50. The quantitative estimate of drug-likeness (QED) is 0.908. The molecule has 2 unspecified atom stereocenters. The monoisotopic (exact) mass is 274 g/mol. The fourth-order valence-electron chi connectivity index (χ4n) is 3.47. The Morgan fingerprint density at radius 1 is 1.35 bits per heavy atom. The highest BCUT2D eigenvalue weighted by atomic mass is 16.5. The highest BCUT2D eigenvalue weighted by Crippen LogP contribution is 2.27. The van der Waals surface area contributed by atoms with Crippen LogP contribution in [0.5, 0.6) is 0 Å². The molecule has 3 rings (SSSR count). The number of nitrogens with one attached hydrogen (secondary N) is 1. The van der Waals surface area contributed by atoms with Crippen molar-refractivity contribution in [3.63, 3.8) is 0 Å². The molecule has 0 spiro atoms. The van der Waals surface area contributed by atoms with Crippen LogP contribution < -0.4 is 5.32 Å². The van der Waals surface area contributed by atoms with Crippen molar-refractivity contribution in [3.05, 3.63) is 35.9 Å². The Balaban J connectivity index is 1.64. The third-order valence-corrected chi connectivity index (χ3v) is 4.71. The highest BCUT2D eigenvalue weighted by Gasteiger charge is 2.34. The molecule has 1 aromatic rings. The Labute approximate surface area is 122 Å². The lowest BCUT2D eigenvalue weighted by atomic mass is 9.88. The average Bonchev–Trinajstić information content (AvgIpc) is 2.89. The molecule has 20 heavy (non-hydrogen) atoms. The summed E-state index contributed by atoms with van der Waals surface area (Å²) in [4.78, 5) is 2.66. The second-order valence-corrected chi connectivity index (χ2v) is 6.63. The van der Waals surface area contributed by atoms with Gasteiger partial charge in [-0.3, -0.25) is 4.90 Å². The smallest absolute Gasteiger partial charge is 0.0625 e. The van der Waals surface area contributed by atoms with Gasteiger partial charge in [-0.15, -0.1) is 0 Å². The first kappa shape index (κ1) is 14.1. The van der Waals surface area contributed by atoms with Crippen molar-refractivity contribution in [3.8, 4) is 0 Å². The molecular weight excluding hydrogens is 248 g/mol.